The molecule has 9 heteroatoms. The van der Waals surface area contributed by atoms with Crippen molar-refractivity contribution in [2.45, 2.75) is 19.9 Å². The molecule has 3 N–H and O–H groups in total. The lowest BCUT2D eigenvalue weighted by molar-refractivity contribution is 0.0696. The molecule has 7 nitrogen and oxygen atoms in total. The highest BCUT2D eigenvalue weighted by Gasteiger charge is 2.28. The maximum absolute atomic E-state index is 14.1. The number of hydrogen-bond donors (Lipinski definition) is 3. The van der Waals surface area contributed by atoms with Crippen LogP contribution in [0, 0.1) is 6.92 Å². The number of carbonyl (C=O) groups excluding carboxylic acids is 1. The number of halogens is 2. The third kappa shape index (κ3) is 5.41. The van der Waals surface area contributed by atoms with E-state index in [1.54, 1.807) is 24.5 Å². The molecular formula is C34H26Cl2N4O3. The zero-order valence-electron chi connectivity index (χ0n) is 23.2. The van der Waals surface area contributed by atoms with Gasteiger partial charge in [0.1, 0.15) is 5.69 Å². The second kappa shape index (κ2) is 11.4. The number of carboxylic acids is 1. The van der Waals surface area contributed by atoms with Crippen LogP contribution in [-0.4, -0.2) is 31.5 Å². The van der Waals surface area contributed by atoms with Gasteiger partial charge in [-0.25, -0.2) is 9.78 Å². The van der Waals surface area contributed by atoms with Crippen molar-refractivity contribution in [2.24, 2.45) is 0 Å². The van der Waals surface area contributed by atoms with Crippen molar-refractivity contribution in [2.75, 3.05) is 5.32 Å². The van der Waals surface area contributed by atoms with Crippen molar-refractivity contribution in [3.8, 4) is 22.5 Å². The second-order valence-electron chi connectivity index (χ2n) is 10.3. The Kier molecular flexibility index (Phi) is 7.52. The first-order chi connectivity index (χ1) is 20.7. The predicted octanol–water partition coefficient (Wildman–Crippen LogP) is 8.87. The average Bonchev–Trinajstić information content (AvgIpc) is 3.60. The van der Waals surface area contributed by atoms with E-state index >= 15 is 0 Å². The number of aromatic nitrogens is 3. The van der Waals surface area contributed by atoms with Crippen molar-refractivity contribution >= 4 is 51.7 Å². The normalized spacial score (nSPS) is 11.9. The monoisotopic (exact) mass is 608 g/mol. The molecule has 0 bridgehead atoms. The zero-order valence-corrected chi connectivity index (χ0v) is 24.7. The fraction of sp³-hybridized carbons (Fsp3) is 0.0882. The number of aryl methyl sites for hydroxylation is 1. The smallest absolute Gasteiger partial charge is 0.335 e. The number of aromatic carboxylic acids is 1. The number of carbonyl (C=O) groups is 2. The Bertz CT molecular complexity index is 2000. The van der Waals surface area contributed by atoms with Gasteiger partial charge in [-0.15, -0.1) is 0 Å². The number of fused-ring (bicyclic) bond motifs is 1. The summed E-state index contributed by atoms with van der Waals surface area (Å²) in [6.45, 7) is 3.87. The lowest BCUT2D eigenvalue weighted by atomic mass is 9.99. The first kappa shape index (κ1) is 28.3. The molecule has 2 aromatic heterocycles. The minimum atomic E-state index is -1.08. The van der Waals surface area contributed by atoms with Gasteiger partial charge in [0, 0.05) is 37.8 Å². The summed E-state index contributed by atoms with van der Waals surface area (Å²) >= 11 is 12.6. The van der Waals surface area contributed by atoms with Crippen molar-refractivity contribution in [3.05, 3.63) is 130 Å². The molecule has 0 aliphatic rings. The van der Waals surface area contributed by atoms with Crippen LogP contribution < -0.4 is 5.32 Å². The minimum absolute atomic E-state index is 0.0748. The molecule has 0 radical (unpaired) electrons. The fourth-order valence-electron chi connectivity index (χ4n) is 5.27. The van der Waals surface area contributed by atoms with Crippen molar-refractivity contribution in [3.63, 3.8) is 0 Å². The van der Waals surface area contributed by atoms with Crippen LogP contribution in [0.25, 0.3) is 33.4 Å². The first-order valence-electron chi connectivity index (χ1n) is 13.6. The van der Waals surface area contributed by atoms with E-state index in [-0.39, 0.29) is 11.6 Å². The molecule has 1 amide bonds. The SMILES string of the molecule is Cc1ccc(C(=O)O)cc1NC(=O)c1[nH]c2cc(Cl)ccc2c1-c1c(-c2ccccc2)ncn1[C@@H](C)c1ccc(Cl)cc1. The van der Waals surface area contributed by atoms with Gasteiger partial charge in [-0.1, -0.05) is 77.8 Å². The Morgan fingerprint density at radius 2 is 1.65 bits per heavy atom. The van der Waals surface area contributed by atoms with E-state index in [4.69, 9.17) is 28.2 Å². The number of benzene rings is 4. The molecule has 43 heavy (non-hydrogen) atoms. The number of nitrogens with zero attached hydrogens (tertiary/aromatic N) is 2. The summed E-state index contributed by atoms with van der Waals surface area (Å²) in [6.07, 6.45) is 1.79. The highest BCUT2D eigenvalue weighted by molar-refractivity contribution is 6.31. The topological polar surface area (TPSA) is 100 Å². The molecule has 214 valence electrons. The van der Waals surface area contributed by atoms with Gasteiger partial charge in [-0.05, 0) is 61.4 Å². The molecule has 1 atom stereocenters. The highest BCUT2D eigenvalue weighted by Crippen LogP contribution is 2.41. The van der Waals surface area contributed by atoms with Crippen LogP contribution in [0.15, 0.2) is 97.3 Å². The van der Waals surface area contributed by atoms with Gasteiger partial charge in [0.25, 0.3) is 5.91 Å². The highest BCUT2D eigenvalue weighted by atomic mass is 35.5. The summed E-state index contributed by atoms with van der Waals surface area (Å²) < 4.78 is 2.05. The maximum Gasteiger partial charge on any atom is 0.335 e. The molecule has 6 rings (SSSR count). The summed E-state index contributed by atoms with van der Waals surface area (Å²) in [7, 11) is 0. The van der Waals surface area contributed by atoms with E-state index in [9.17, 15) is 14.7 Å². The van der Waals surface area contributed by atoms with Crippen molar-refractivity contribution < 1.29 is 14.7 Å². The molecule has 0 spiro atoms. The fourth-order valence-corrected chi connectivity index (χ4v) is 5.57. The van der Waals surface area contributed by atoms with Crippen LogP contribution in [-0.2, 0) is 0 Å². The van der Waals surface area contributed by atoms with Gasteiger partial charge in [-0.2, -0.15) is 0 Å². The van der Waals surface area contributed by atoms with E-state index in [0.717, 1.165) is 27.8 Å². The minimum Gasteiger partial charge on any atom is -0.478 e. The molecule has 6 aromatic rings. The molecule has 0 fully saturated rings. The number of anilines is 1. The molecule has 0 aliphatic carbocycles. The molecule has 0 saturated carbocycles. The number of rotatable bonds is 7. The molecule has 2 heterocycles. The summed E-state index contributed by atoms with van der Waals surface area (Å²) in [5.41, 5.74) is 6.16. The van der Waals surface area contributed by atoms with Gasteiger partial charge < -0.3 is 20.0 Å². The third-order valence-electron chi connectivity index (χ3n) is 7.57. The average molecular weight is 610 g/mol. The Hall–Kier alpha value is -4.85. The van der Waals surface area contributed by atoms with Crippen LogP contribution in [0.4, 0.5) is 5.69 Å². The molecule has 0 saturated heterocycles. The standard InChI is InChI=1S/C34H26Cl2N4O3/c1-19-8-9-23(34(42)43)16-27(19)39-33(41)31-29(26-15-14-25(36)17-28(26)38-31)32-30(22-6-4-3-5-7-22)37-18-40(32)20(2)21-10-12-24(35)13-11-21/h3-18,20,38H,1-2H3,(H,39,41)(H,42,43)/t20-/m0/s1. The predicted molar refractivity (Wildman–Crippen MR) is 171 cm³/mol. The van der Waals surface area contributed by atoms with Gasteiger partial charge >= 0.3 is 5.97 Å². The van der Waals surface area contributed by atoms with E-state index < -0.39 is 11.9 Å². The lowest BCUT2D eigenvalue weighted by Crippen LogP contribution is -2.16. The Labute approximate surface area is 257 Å². The summed E-state index contributed by atoms with van der Waals surface area (Å²) in [6, 6.07) is 27.4. The van der Waals surface area contributed by atoms with Crippen LogP contribution in [0.1, 0.15) is 44.9 Å². The van der Waals surface area contributed by atoms with Gasteiger partial charge in [0.15, 0.2) is 0 Å². The van der Waals surface area contributed by atoms with Crippen LogP contribution in [0.3, 0.4) is 0 Å². The summed E-state index contributed by atoms with van der Waals surface area (Å²) in [4.78, 5) is 33.9. The van der Waals surface area contributed by atoms with Crippen LogP contribution in [0.5, 0.6) is 0 Å². The molecule has 0 aliphatic heterocycles. The van der Waals surface area contributed by atoms with Gasteiger partial charge in [0.2, 0.25) is 0 Å². The Morgan fingerprint density at radius 3 is 2.37 bits per heavy atom. The number of aromatic amines is 1. The van der Waals surface area contributed by atoms with E-state index in [2.05, 4.69) is 21.8 Å². The second-order valence-corrected chi connectivity index (χ2v) is 11.2. The number of carboxylic acid groups (broad SMARTS) is 1. The molecular weight excluding hydrogens is 583 g/mol. The Balaban J connectivity index is 1.58. The van der Waals surface area contributed by atoms with Crippen LogP contribution >= 0.6 is 23.2 Å². The number of imidazole rings is 1. The van der Waals surface area contributed by atoms with E-state index in [1.165, 1.54) is 12.1 Å². The van der Waals surface area contributed by atoms with E-state index in [0.29, 0.717) is 38.2 Å². The number of hydrogen-bond acceptors (Lipinski definition) is 3. The largest absolute Gasteiger partial charge is 0.478 e. The zero-order chi connectivity index (χ0) is 30.2. The first-order valence-corrected chi connectivity index (χ1v) is 14.3. The van der Waals surface area contributed by atoms with Crippen molar-refractivity contribution in [1.29, 1.82) is 0 Å². The number of amides is 1. The Morgan fingerprint density at radius 1 is 0.930 bits per heavy atom. The third-order valence-corrected chi connectivity index (χ3v) is 8.05. The number of nitrogens with one attached hydrogen (secondary N) is 2. The maximum atomic E-state index is 14.1. The lowest BCUT2D eigenvalue weighted by Gasteiger charge is -2.19. The van der Waals surface area contributed by atoms with Crippen molar-refractivity contribution in [1.82, 2.24) is 14.5 Å². The number of H-pyrrole nitrogens is 1. The summed E-state index contributed by atoms with van der Waals surface area (Å²) in [5, 5.41) is 14.4. The van der Waals surface area contributed by atoms with Crippen LogP contribution in [0.2, 0.25) is 10.0 Å². The van der Waals surface area contributed by atoms with E-state index in [1.807, 2.05) is 67.6 Å². The quantitative estimate of drug-likeness (QED) is 0.168. The van der Waals surface area contributed by atoms with Gasteiger partial charge in [-0.3, -0.25) is 4.79 Å². The van der Waals surface area contributed by atoms with Gasteiger partial charge in [0.05, 0.1) is 29.3 Å². The molecule has 0 unspecified atom stereocenters. The molecule has 4 aromatic carbocycles. The summed E-state index contributed by atoms with van der Waals surface area (Å²) in [5.74, 6) is -1.51.